The van der Waals surface area contributed by atoms with Crippen LogP contribution in [-0.4, -0.2) is 50.7 Å². The molecule has 1 atom stereocenters. The number of urea groups is 1. The van der Waals surface area contributed by atoms with Crippen molar-refractivity contribution in [1.82, 2.24) is 19.7 Å². The van der Waals surface area contributed by atoms with Crippen LogP contribution < -0.4 is 5.32 Å². The molecule has 0 spiro atoms. The quantitative estimate of drug-likeness (QED) is 0.547. The normalized spacial score (nSPS) is 17.6. The number of carbonyl (C=O) groups is 1. The number of amides is 2. The summed E-state index contributed by atoms with van der Waals surface area (Å²) in [4.78, 5) is 22.4. The summed E-state index contributed by atoms with van der Waals surface area (Å²) in [5.74, 6) is -1.37. The summed E-state index contributed by atoms with van der Waals surface area (Å²) in [7, 11) is 0. The Morgan fingerprint density at radius 3 is 2.48 bits per heavy atom. The van der Waals surface area contributed by atoms with Gasteiger partial charge < -0.3 is 4.90 Å². The van der Waals surface area contributed by atoms with E-state index in [4.69, 9.17) is 23.2 Å². The minimum Gasteiger partial charge on any atom is -0.318 e. The van der Waals surface area contributed by atoms with Crippen molar-refractivity contribution >= 4 is 40.9 Å². The number of fused-ring (bicyclic) bond motifs is 3. The predicted octanol–water partition coefficient (Wildman–Crippen LogP) is 4.95. The van der Waals surface area contributed by atoms with E-state index in [1.165, 1.54) is 21.7 Å². The molecule has 33 heavy (non-hydrogen) atoms. The van der Waals surface area contributed by atoms with Crippen LogP contribution in [0.4, 0.5) is 23.9 Å². The first-order chi connectivity index (χ1) is 15.7. The molecule has 0 aliphatic carbocycles. The Bertz CT molecular complexity index is 1300. The largest absolute Gasteiger partial charge is 0.324 e. The lowest BCUT2D eigenvalue weighted by molar-refractivity contribution is 0.0973. The summed E-state index contributed by atoms with van der Waals surface area (Å²) in [5.41, 5.74) is 0.108. The lowest BCUT2D eigenvalue weighted by Gasteiger charge is -2.33. The van der Waals surface area contributed by atoms with Crippen molar-refractivity contribution in [2.75, 3.05) is 18.4 Å². The van der Waals surface area contributed by atoms with Gasteiger partial charge in [0.05, 0.1) is 40.1 Å². The Balaban J connectivity index is 1.65. The monoisotopic (exact) mass is 494 g/mol. The van der Waals surface area contributed by atoms with Crippen LogP contribution in [0.2, 0.25) is 10.0 Å². The maximum Gasteiger partial charge on any atom is 0.324 e. The molecule has 5 rings (SSSR count). The summed E-state index contributed by atoms with van der Waals surface area (Å²) >= 11 is 12.7. The van der Waals surface area contributed by atoms with Crippen molar-refractivity contribution < 1.29 is 18.0 Å². The number of aliphatic imine (C=N–C) groups is 1. The van der Waals surface area contributed by atoms with Crippen molar-refractivity contribution in [3.63, 3.8) is 0 Å². The highest BCUT2D eigenvalue weighted by molar-refractivity contribution is 6.45. The van der Waals surface area contributed by atoms with Crippen LogP contribution in [0.25, 0.3) is 5.69 Å². The van der Waals surface area contributed by atoms with Gasteiger partial charge in [-0.1, -0.05) is 29.3 Å². The molecule has 1 aromatic heterocycles. The van der Waals surface area contributed by atoms with E-state index < -0.39 is 29.9 Å². The summed E-state index contributed by atoms with van der Waals surface area (Å²) in [6.07, 6.45) is -1.05. The van der Waals surface area contributed by atoms with Crippen LogP contribution in [0.15, 0.2) is 35.3 Å². The zero-order valence-electron chi connectivity index (χ0n) is 17.0. The Morgan fingerprint density at radius 1 is 1.12 bits per heavy atom. The van der Waals surface area contributed by atoms with Crippen LogP contribution in [-0.2, 0) is 0 Å². The Morgan fingerprint density at radius 2 is 1.82 bits per heavy atom. The molecule has 0 radical (unpaired) electrons. The van der Waals surface area contributed by atoms with Gasteiger partial charge in [-0.05, 0) is 31.2 Å². The van der Waals surface area contributed by atoms with Crippen LogP contribution in [0.1, 0.15) is 29.9 Å². The SMILES string of the molecule is C[C@@H]1N=C(c2c(F)cccc2F)c2c(ccc(Cl)c2Cl)-n2nc(NC(=O)N3CC(F)C3)nc21. The summed E-state index contributed by atoms with van der Waals surface area (Å²) in [6, 6.07) is 5.32. The number of alkyl halides is 1. The lowest BCUT2D eigenvalue weighted by atomic mass is 9.99. The minimum atomic E-state index is -1.05. The highest BCUT2D eigenvalue weighted by atomic mass is 35.5. The second kappa shape index (κ2) is 8.03. The summed E-state index contributed by atoms with van der Waals surface area (Å²) in [6.45, 7) is 1.65. The standard InChI is InChI=1S/C21H15Cl2F3N6O/c1-9-19-28-20(29-21(33)31-7-10(24)8-31)30-32(19)14-6-5-11(22)17(23)16(14)18(27-9)15-12(25)3-2-4-13(15)26/h2-6,9-10H,7-8H2,1H3,(H,29,30,33)/t9-/m0/s1. The van der Waals surface area contributed by atoms with Crippen molar-refractivity contribution in [2.45, 2.75) is 19.1 Å². The second-order valence-corrected chi connectivity index (χ2v) is 8.43. The number of hydrogen-bond acceptors (Lipinski definition) is 4. The molecule has 0 unspecified atom stereocenters. The van der Waals surface area contributed by atoms with E-state index in [9.17, 15) is 18.0 Å². The van der Waals surface area contributed by atoms with E-state index in [-0.39, 0.29) is 45.9 Å². The van der Waals surface area contributed by atoms with Gasteiger partial charge in [-0.2, -0.15) is 4.98 Å². The molecule has 0 saturated carbocycles. The first kappa shape index (κ1) is 21.7. The van der Waals surface area contributed by atoms with Gasteiger partial charge in [0.1, 0.15) is 23.8 Å². The molecule has 2 aliphatic heterocycles. The molecular weight excluding hydrogens is 480 g/mol. The molecule has 3 heterocycles. The number of carbonyl (C=O) groups excluding carboxylic acids is 1. The third kappa shape index (κ3) is 3.63. The van der Waals surface area contributed by atoms with Gasteiger partial charge in [-0.3, -0.25) is 10.3 Å². The number of rotatable bonds is 2. The van der Waals surface area contributed by atoms with Crippen LogP contribution in [0.5, 0.6) is 0 Å². The maximum atomic E-state index is 14.7. The molecular formula is C21H15Cl2F3N6O. The molecule has 1 saturated heterocycles. The number of hydrogen-bond donors (Lipinski definition) is 1. The zero-order valence-corrected chi connectivity index (χ0v) is 18.5. The molecule has 2 aliphatic rings. The number of halogens is 5. The molecule has 7 nitrogen and oxygen atoms in total. The van der Waals surface area contributed by atoms with E-state index in [0.29, 0.717) is 11.5 Å². The molecule has 170 valence electrons. The van der Waals surface area contributed by atoms with E-state index in [2.05, 4.69) is 20.4 Å². The second-order valence-electron chi connectivity index (χ2n) is 7.64. The topological polar surface area (TPSA) is 75.4 Å². The van der Waals surface area contributed by atoms with Gasteiger partial charge in [0, 0.05) is 5.56 Å². The van der Waals surface area contributed by atoms with Gasteiger partial charge in [-0.25, -0.2) is 22.6 Å². The molecule has 2 aromatic carbocycles. The fourth-order valence-corrected chi connectivity index (χ4v) is 4.17. The molecule has 2 amide bonds. The van der Waals surface area contributed by atoms with Crippen molar-refractivity contribution in [3.8, 4) is 5.69 Å². The number of nitrogens with zero attached hydrogens (tertiary/aromatic N) is 5. The average molecular weight is 495 g/mol. The number of likely N-dealkylation sites (tertiary alicyclic amines) is 1. The fourth-order valence-electron chi connectivity index (χ4n) is 3.76. The minimum absolute atomic E-state index is 0.00536. The molecule has 1 N–H and O–H groups in total. The zero-order chi connectivity index (χ0) is 23.4. The first-order valence-corrected chi connectivity index (χ1v) is 10.7. The molecule has 3 aromatic rings. The molecule has 1 fully saturated rings. The van der Waals surface area contributed by atoms with Gasteiger partial charge >= 0.3 is 6.03 Å². The Labute approximate surface area is 195 Å². The van der Waals surface area contributed by atoms with Crippen LogP contribution >= 0.6 is 23.2 Å². The maximum absolute atomic E-state index is 14.7. The third-order valence-corrected chi connectivity index (χ3v) is 6.21. The van der Waals surface area contributed by atoms with E-state index in [0.717, 1.165) is 12.1 Å². The predicted molar refractivity (Wildman–Crippen MR) is 117 cm³/mol. The van der Waals surface area contributed by atoms with E-state index in [1.807, 2.05) is 0 Å². The molecule has 0 bridgehead atoms. The number of anilines is 1. The molecule has 12 heteroatoms. The highest BCUT2D eigenvalue weighted by Gasteiger charge is 2.33. The van der Waals surface area contributed by atoms with Crippen LogP contribution in [0, 0.1) is 11.6 Å². The number of benzene rings is 2. The number of aromatic nitrogens is 3. The smallest absolute Gasteiger partial charge is 0.318 e. The summed E-state index contributed by atoms with van der Waals surface area (Å²) < 4.78 is 43.9. The van der Waals surface area contributed by atoms with E-state index >= 15 is 0 Å². The van der Waals surface area contributed by atoms with Crippen LogP contribution in [0.3, 0.4) is 0 Å². The lowest BCUT2D eigenvalue weighted by Crippen LogP contribution is -2.53. The fraction of sp³-hybridized carbons (Fsp3) is 0.238. The van der Waals surface area contributed by atoms with Gasteiger partial charge in [0.25, 0.3) is 5.95 Å². The number of nitrogens with one attached hydrogen (secondary N) is 1. The van der Waals surface area contributed by atoms with Gasteiger partial charge in [-0.15, -0.1) is 5.10 Å². The first-order valence-electron chi connectivity index (χ1n) is 9.92. The van der Waals surface area contributed by atoms with Crippen molar-refractivity contribution in [2.24, 2.45) is 4.99 Å². The highest BCUT2D eigenvalue weighted by Crippen LogP contribution is 2.38. The third-order valence-electron chi connectivity index (χ3n) is 5.41. The Kier molecular flexibility index (Phi) is 5.29. The van der Waals surface area contributed by atoms with E-state index in [1.54, 1.807) is 13.0 Å². The van der Waals surface area contributed by atoms with Crippen molar-refractivity contribution in [1.29, 1.82) is 0 Å². The van der Waals surface area contributed by atoms with Crippen molar-refractivity contribution in [3.05, 3.63) is 69.0 Å². The Hall–Kier alpha value is -3.11. The average Bonchev–Trinajstić information content (AvgIpc) is 3.11. The summed E-state index contributed by atoms with van der Waals surface area (Å²) in [5, 5.41) is 7.06. The van der Waals surface area contributed by atoms with Gasteiger partial charge in [0.15, 0.2) is 5.82 Å². The van der Waals surface area contributed by atoms with Gasteiger partial charge in [0.2, 0.25) is 0 Å².